The molecule has 7 heteroatoms. The van der Waals surface area contributed by atoms with Crippen LogP contribution in [0.15, 0.2) is 79.4 Å². The number of aromatic nitrogens is 6. The van der Waals surface area contributed by atoms with Crippen LogP contribution in [0.2, 0.25) is 0 Å². The van der Waals surface area contributed by atoms with Gasteiger partial charge in [0.25, 0.3) is 0 Å². The third kappa shape index (κ3) is 2.86. The molecule has 0 spiro atoms. The van der Waals surface area contributed by atoms with Crippen LogP contribution in [0.3, 0.4) is 0 Å². The highest BCUT2D eigenvalue weighted by Gasteiger charge is 2.16. The zero-order valence-electron chi connectivity index (χ0n) is 16.2. The van der Waals surface area contributed by atoms with Gasteiger partial charge in [-0.05, 0) is 48.0 Å². The number of hydrogen-bond acceptors (Lipinski definition) is 4. The summed E-state index contributed by atoms with van der Waals surface area (Å²) in [4.78, 5) is 16.4. The molecule has 0 aliphatic heterocycles. The van der Waals surface area contributed by atoms with Gasteiger partial charge in [-0.1, -0.05) is 12.1 Å². The van der Waals surface area contributed by atoms with E-state index in [0.29, 0.717) is 16.9 Å². The van der Waals surface area contributed by atoms with Crippen molar-refractivity contribution in [1.82, 2.24) is 30.1 Å². The number of hydrogen-bond donors (Lipinski definition) is 2. The Morgan fingerprint density at radius 2 is 1.65 bits per heavy atom. The van der Waals surface area contributed by atoms with Crippen molar-refractivity contribution >= 4 is 21.9 Å². The quantitative estimate of drug-likeness (QED) is 0.414. The summed E-state index contributed by atoms with van der Waals surface area (Å²) in [6, 6.07) is 16.4. The van der Waals surface area contributed by atoms with E-state index in [9.17, 15) is 4.39 Å². The Morgan fingerprint density at radius 1 is 0.774 bits per heavy atom. The van der Waals surface area contributed by atoms with Gasteiger partial charge in [-0.25, -0.2) is 9.37 Å². The molecule has 148 valence electrons. The number of rotatable bonds is 3. The summed E-state index contributed by atoms with van der Waals surface area (Å²) in [5, 5.41) is 9.21. The molecule has 0 atom stereocenters. The number of H-pyrrole nitrogens is 2. The van der Waals surface area contributed by atoms with Gasteiger partial charge in [0, 0.05) is 52.2 Å². The third-order valence-corrected chi connectivity index (χ3v) is 5.36. The minimum Gasteiger partial charge on any atom is -0.353 e. The van der Waals surface area contributed by atoms with Gasteiger partial charge in [-0.3, -0.25) is 15.1 Å². The smallest absolute Gasteiger partial charge is 0.155 e. The Morgan fingerprint density at radius 3 is 2.52 bits per heavy atom. The fourth-order valence-electron chi connectivity index (χ4n) is 3.86. The summed E-state index contributed by atoms with van der Waals surface area (Å²) in [6.07, 6.45) is 7.00. The first kappa shape index (κ1) is 17.5. The molecule has 0 saturated carbocycles. The maximum atomic E-state index is 14.4. The molecule has 0 unspecified atom stereocenters. The van der Waals surface area contributed by atoms with Crippen molar-refractivity contribution < 1.29 is 4.39 Å². The van der Waals surface area contributed by atoms with Gasteiger partial charge in [0.1, 0.15) is 11.5 Å². The Labute approximate surface area is 175 Å². The number of pyridine rings is 3. The fraction of sp³-hybridized carbons (Fsp3) is 0. The maximum absolute atomic E-state index is 14.4. The molecule has 6 aromatic rings. The molecule has 0 amide bonds. The monoisotopic (exact) mass is 406 g/mol. The highest BCUT2D eigenvalue weighted by atomic mass is 19.1. The lowest BCUT2D eigenvalue weighted by molar-refractivity contribution is 0.631. The SMILES string of the molecule is Fc1ccccc1-c1nccc2[nH]c(-c3n[nH]c4ncc(-c5ccncc5)cc34)cc12. The van der Waals surface area contributed by atoms with E-state index in [4.69, 9.17) is 0 Å². The van der Waals surface area contributed by atoms with Gasteiger partial charge in [0.05, 0.1) is 11.4 Å². The maximum Gasteiger partial charge on any atom is 0.155 e. The van der Waals surface area contributed by atoms with Gasteiger partial charge in [-0.2, -0.15) is 5.10 Å². The summed E-state index contributed by atoms with van der Waals surface area (Å²) >= 11 is 0. The molecule has 2 N–H and O–H groups in total. The minimum absolute atomic E-state index is 0.304. The minimum atomic E-state index is -0.304. The molecular formula is C24H15FN6. The number of nitrogens with zero attached hydrogens (tertiary/aromatic N) is 4. The Hall–Kier alpha value is -4.39. The van der Waals surface area contributed by atoms with Crippen molar-refractivity contribution in [1.29, 1.82) is 0 Å². The van der Waals surface area contributed by atoms with Crippen LogP contribution in [0.1, 0.15) is 0 Å². The molecule has 0 radical (unpaired) electrons. The van der Waals surface area contributed by atoms with Crippen LogP contribution < -0.4 is 0 Å². The Kier molecular flexibility index (Phi) is 3.86. The van der Waals surface area contributed by atoms with E-state index in [0.717, 1.165) is 38.8 Å². The molecule has 0 saturated heterocycles. The molecular weight excluding hydrogens is 391 g/mol. The fourth-order valence-corrected chi connectivity index (χ4v) is 3.86. The van der Waals surface area contributed by atoms with E-state index in [-0.39, 0.29) is 5.82 Å². The second-order valence-corrected chi connectivity index (χ2v) is 7.21. The highest BCUT2D eigenvalue weighted by Crippen LogP contribution is 2.34. The molecule has 0 aliphatic rings. The van der Waals surface area contributed by atoms with E-state index >= 15 is 0 Å². The number of benzene rings is 1. The van der Waals surface area contributed by atoms with Gasteiger partial charge in [0.15, 0.2) is 5.65 Å². The largest absolute Gasteiger partial charge is 0.353 e. The summed E-state index contributed by atoms with van der Waals surface area (Å²) in [6.45, 7) is 0. The first-order valence-electron chi connectivity index (χ1n) is 9.75. The van der Waals surface area contributed by atoms with Crippen molar-refractivity contribution in [3.05, 3.63) is 85.2 Å². The normalized spacial score (nSPS) is 11.4. The molecule has 5 heterocycles. The molecule has 0 aliphatic carbocycles. The number of nitrogens with one attached hydrogen (secondary N) is 2. The van der Waals surface area contributed by atoms with E-state index in [2.05, 4.69) is 36.2 Å². The van der Waals surface area contributed by atoms with Crippen LogP contribution in [0.4, 0.5) is 4.39 Å². The Bertz CT molecular complexity index is 1550. The molecule has 31 heavy (non-hydrogen) atoms. The second kappa shape index (κ2) is 6.84. The van der Waals surface area contributed by atoms with Crippen molar-refractivity contribution in [2.24, 2.45) is 0 Å². The molecule has 5 aromatic heterocycles. The summed E-state index contributed by atoms with van der Waals surface area (Å²) in [7, 11) is 0. The van der Waals surface area contributed by atoms with E-state index in [1.807, 2.05) is 30.5 Å². The van der Waals surface area contributed by atoms with Gasteiger partial charge < -0.3 is 4.98 Å². The van der Waals surface area contributed by atoms with Gasteiger partial charge >= 0.3 is 0 Å². The van der Waals surface area contributed by atoms with E-state index in [1.54, 1.807) is 36.8 Å². The molecule has 0 bridgehead atoms. The highest BCUT2D eigenvalue weighted by molar-refractivity contribution is 6.00. The first-order chi connectivity index (χ1) is 15.3. The predicted octanol–water partition coefficient (Wildman–Crippen LogP) is 5.37. The average molecular weight is 406 g/mol. The molecule has 6 rings (SSSR count). The van der Waals surface area contributed by atoms with E-state index in [1.165, 1.54) is 6.07 Å². The summed E-state index contributed by atoms with van der Waals surface area (Å²) < 4.78 is 14.4. The van der Waals surface area contributed by atoms with Crippen LogP contribution in [0, 0.1) is 5.82 Å². The second-order valence-electron chi connectivity index (χ2n) is 7.21. The topological polar surface area (TPSA) is 83.1 Å². The molecule has 1 aromatic carbocycles. The lowest BCUT2D eigenvalue weighted by Gasteiger charge is -2.03. The van der Waals surface area contributed by atoms with Gasteiger partial charge in [-0.15, -0.1) is 0 Å². The van der Waals surface area contributed by atoms with Crippen molar-refractivity contribution in [3.63, 3.8) is 0 Å². The summed E-state index contributed by atoms with van der Waals surface area (Å²) in [5.74, 6) is -0.304. The van der Waals surface area contributed by atoms with Crippen molar-refractivity contribution in [2.75, 3.05) is 0 Å². The Balaban J connectivity index is 1.53. The lowest BCUT2D eigenvalue weighted by atomic mass is 10.1. The molecule has 6 nitrogen and oxygen atoms in total. The van der Waals surface area contributed by atoms with Crippen molar-refractivity contribution in [2.45, 2.75) is 0 Å². The third-order valence-electron chi connectivity index (χ3n) is 5.36. The number of fused-ring (bicyclic) bond motifs is 2. The van der Waals surface area contributed by atoms with Crippen LogP contribution >= 0.6 is 0 Å². The lowest BCUT2D eigenvalue weighted by Crippen LogP contribution is -1.87. The number of halogens is 1. The van der Waals surface area contributed by atoms with E-state index < -0.39 is 0 Å². The van der Waals surface area contributed by atoms with Crippen LogP contribution in [-0.4, -0.2) is 30.1 Å². The molecule has 0 fully saturated rings. The number of aromatic amines is 2. The van der Waals surface area contributed by atoms with Crippen LogP contribution in [0.25, 0.3) is 55.7 Å². The van der Waals surface area contributed by atoms with Crippen LogP contribution in [0.5, 0.6) is 0 Å². The zero-order valence-corrected chi connectivity index (χ0v) is 16.2. The van der Waals surface area contributed by atoms with Crippen molar-refractivity contribution in [3.8, 4) is 33.8 Å². The van der Waals surface area contributed by atoms with Gasteiger partial charge in [0.2, 0.25) is 0 Å². The van der Waals surface area contributed by atoms with Crippen LogP contribution in [-0.2, 0) is 0 Å². The standard InChI is InChI=1S/C24H15FN6/c25-19-4-2-1-3-16(19)22-17-12-21(29-20(17)7-10-27-22)23-18-11-15(13-28-24(18)31-30-23)14-5-8-26-9-6-14/h1-13,29H,(H,28,30,31). The first-order valence-corrected chi connectivity index (χ1v) is 9.75. The summed E-state index contributed by atoms with van der Waals surface area (Å²) in [5.41, 5.74) is 6.16. The predicted molar refractivity (Wildman–Crippen MR) is 118 cm³/mol. The zero-order chi connectivity index (χ0) is 20.8. The average Bonchev–Trinajstić information content (AvgIpc) is 3.43.